The normalized spacial score (nSPS) is 12.0. The van der Waals surface area contributed by atoms with Crippen LogP contribution in [0, 0.1) is 0 Å². The van der Waals surface area contributed by atoms with Crippen LogP contribution in [0.3, 0.4) is 0 Å². The topological polar surface area (TPSA) is 93.1 Å². The fourth-order valence-electron chi connectivity index (χ4n) is 3.45. The van der Waals surface area contributed by atoms with E-state index in [9.17, 15) is 8.42 Å². The lowest BCUT2D eigenvalue weighted by Gasteiger charge is -2.18. The van der Waals surface area contributed by atoms with Gasteiger partial charge in [0.1, 0.15) is 11.6 Å². The smallest absolute Gasteiger partial charge is 0.243 e. The van der Waals surface area contributed by atoms with Crippen molar-refractivity contribution in [1.82, 2.24) is 23.8 Å². The zero-order valence-electron chi connectivity index (χ0n) is 18.1. The predicted molar refractivity (Wildman–Crippen MR) is 126 cm³/mol. The highest BCUT2D eigenvalue weighted by Crippen LogP contribution is 2.26. The van der Waals surface area contributed by atoms with Crippen LogP contribution in [0.25, 0.3) is 16.7 Å². The Kier molecular flexibility index (Phi) is 6.54. The van der Waals surface area contributed by atoms with Gasteiger partial charge in [0.2, 0.25) is 10.0 Å². The molecule has 0 bridgehead atoms. The summed E-state index contributed by atoms with van der Waals surface area (Å²) in [5.74, 6) is 2.12. The molecule has 0 aliphatic rings. The number of methoxy groups -OCH3 is 1. The Morgan fingerprint density at radius 2 is 1.88 bits per heavy atom. The minimum absolute atomic E-state index is 0.270. The number of hydrogen-bond acceptors (Lipinski definition) is 6. The minimum Gasteiger partial charge on any atom is -0.497 e. The molecule has 0 aliphatic carbocycles. The van der Waals surface area contributed by atoms with Gasteiger partial charge in [-0.2, -0.15) is 4.31 Å². The summed E-state index contributed by atoms with van der Waals surface area (Å²) in [5.41, 5.74) is 2.42. The Balaban J connectivity index is 1.53. The maximum atomic E-state index is 12.8. The molecule has 0 saturated heterocycles. The lowest BCUT2D eigenvalue weighted by molar-refractivity contribution is 0.414. The van der Waals surface area contributed by atoms with Gasteiger partial charge in [0.15, 0.2) is 5.16 Å². The van der Waals surface area contributed by atoms with Crippen LogP contribution >= 0.6 is 11.8 Å². The van der Waals surface area contributed by atoms with E-state index in [1.54, 1.807) is 43.3 Å². The number of hydrogen-bond donors (Lipinski definition) is 1. The van der Waals surface area contributed by atoms with Gasteiger partial charge in [0.05, 0.1) is 28.8 Å². The molecule has 4 rings (SSSR count). The summed E-state index contributed by atoms with van der Waals surface area (Å²) in [6, 6.07) is 12.8. The van der Waals surface area contributed by atoms with E-state index in [2.05, 4.69) is 15.0 Å². The van der Waals surface area contributed by atoms with Crippen LogP contribution in [0.5, 0.6) is 5.75 Å². The number of sulfonamides is 1. The number of nitrogens with one attached hydrogen (secondary N) is 1. The Morgan fingerprint density at radius 1 is 1.12 bits per heavy atom. The maximum Gasteiger partial charge on any atom is 0.243 e. The predicted octanol–water partition coefficient (Wildman–Crippen LogP) is 4.08. The van der Waals surface area contributed by atoms with Gasteiger partial charge in [-0.3, -0.25) is 4.57 Å². The molecule has 0 amide bonds. The molecule has 0 atom stereocenters. The molecule has 0 fully saturated rings. The zero-order chi connectivity index (χ0) is 22.7. The molecule has 2 aromatic heterocycles. The number of aromatic nitrogens is 4. The third-order valence-corrected chi connectivity index (χ3v) is 8.16. The van der Waals surface area contributed by atoms with Crippen LogP contribution in [0.15, 0.2) is 64.9 Å². The summed E-state index contributed by atoms with van der Waals surface area (Å²) < 4.78 is 34.3. The summed E-state index contributed by atoms with van der Waals surface area (Å²) >= 11 is 1.55. The third kappa shape index (κ3) is 4.38. The second kappa shape index (κ2) is 9.35. The van der Waals surface area contributed by atoms with Crippen LogP contribution in [-0.2, 0) is 15.8 Å². The number of nitrogens with zero attached hydrogens (tertiary/aromatic N) is 4. The molecule has 10 heteroatoms. The van der Waals surface area contributed by atoms with E-state index in [1.165, 1.54) is 4.31 Å². The number of ether oxygens (including phenoxy) is 1. The molecule has 8 nitrogen and oxygen atoms in total. The zero-order valence-corrected chi connectivity index (χ0v) is 19.8. The monoisotopic (exact) mass is 471 g/mol. The van der Waals surface area contributed by atoms with Crippen LogP contribution in [0.2, 0.25) is 0 Å². The number of aromatic amines is 1. The van der Waals surface area contributed by atoms with Gasteiger partial charge in [-0.15, -0.1) is 0 Å². The Morgan fingerprint density at radius 3 is 2.56 bits per heavy atom. The molecule has 4 aromatic rings. The molecule has 0 aliphatic heterocycles. The van der Waals surface area contributed by atoms with Gasteiger partial charge >= 0.3 is 0 Å². The van der Waals surface area contributed by atoms with E-state index >= 15 is 0 Å². The van der Waals surface area contributed by atoms with Crippen molar-refractivity contribution in [2.24, 2.45) is 0 Å². The molecule has 0 unspecified atom stereocenters. The van der Waals surface area contributed by atoms with Crippen molar-refractivity contribution in [2.45, 2.75) is 29.7 Å². The number of rotatable bonds is 9. The van der Waals surface area contributed by atoms with Crippen molar-refractivity contribution in [3.63, 3.8) is 0 Å². The van der Waals surface area contributed by atoms with Crippen LogP contribution in [0.1, 0.15) is 19.7 Å². The first-order valence-electron chi connectivity index (χ1n) is 10.3. The summed E-state index contributed by atoms with van der Waals surface area (Å²) in [5, 5.41) is 0.834. The lowest BCUT2D eigenvalue weighted by atomic mass is 10.3. The number of imidazole rings is 2. The Bertz CT molecular complexity index is 1310. The van der Waals surface area contributed by atoms with Gasteiger partial charge in [0.25, 0.3) is 0 Å². The molecule has 0 radical (unpaired) electrons. The van der Waals surface area contributed by atoms with Crippen molar-refractivity contribution in [3.05, 3.63) is 60.7 Å². The first-order chi connectivity index (χ1) is 15.5. The fourth-order valence-corrected chi connectivity index (χ4v) is 5.78. The van der Waals surface area contributed by atoms with Gasteiger partial charge in [-0.25, -0.2) is 18.4 Å². The average molecular weight is 472 g/mol. The lowest BCUT2D eigenvalue weighted by Crippen LogP contribution is -2.30. The largest absolute Gasteiger partial charge is 0.497 e. The van der Waals surface area contributed by atoms with E-state index in [0.717, 1.165) is 27.9 Å². The molecular weight excluding hydrogens is 446 g/mol. The number of H-pyrrole nitrogens is 1. The molecule has 1 N–H and O–H groups in total. The highest BCUT2D eigenvalue weighted by Gasteiger charge is 2.22. The molecule has 0 saturated carbocycles. The molecule has 2 heterocycles. The van der Waals surface area contributed by atoms with Crippen molar-refractivity contribution in [2.75, 3.05) is 20.2 Å². The fraction of sp³-hybridized carbons (Fsp3) is 0.273. The van der Waals surface area contributed by atoms with E-state index in [-0.39, 0.29) is 4.90 Å². The van der Waals surface area contributed by atoms with Crippen LogP contribution < -0.4 is 4.74 Å². The van der Waals surface area contributed by atoms with Crippen molar-refractivity contribution in [3.8, 4) is 11.4 Å². The maximum absolute atomic E-state index is 12.8. The van der Waals surface area contributed by atoms with Gasteiger partial charge in [-0.1, -0.05) is 25.6 Å². The van der Waals surface area contributed by atoms with Gasteiger partial charge < -0.3 is 9.72 Å². The quantitative estimate of drug-likeness (QED) is 0.370. The molecule has 0 spiro atoms. The van der Waals surface area contributed by atoms with Crippen molar-refractivity contribution < 1.29 is 13.2 Å². The van der Waals surface area contributed by atoms with Crippen molar-refractivity contribution >= 4 is 32.8 Å². The van der Waals surface area contributed by atoms with E-state index < -0.39 is 10.0 Å². The molecule has 2 aromatic carbocycles. The molecule has 32 heavy (non-hydrogen) atoms. The second-order valence-corrected chi connectivity index (χ2v) is 9.90. The number of thioether (sulfide) groups is 1. The SMILES string of the molecule is CCN(CC)S(=O)(=O)c1ccc2nc(CSc3nccn3-c3ccc(OC)cc3)[nH]c2c1. The summed E-state index contributed by atoms with van der Waals surface area (Å²) in [6.07, 6.45) is 3.67. The standard InChI is InChI=1S/C22H25N5O3S2/c1-4-26(5-2)32(28,29)18-10-11-19-20(14-18)25-21(24-19)15-31-22-23-12-13-27(22)16-6-8-17(30-3)9-7-16/h6-14H,4-5,15H2,1-3H3,(H,24,25). The summed E-state index contributed by atoms with van der Waals surface area (Å²) in [4.78, 5) is 12.6. The molecule has 168 valence electrons. The average Bonchev–Trinajstić information content (AvgIpc) is 3.44. The highest BCUT2D eigenvalue weighted by atomic mass is 32.2. The highest BCUT2D eigenvalue weighted by molar-refractivity contribution is 7.98. The Labute approximate surface area is 191 Å². The summed E-state index contributed by atoms with van der Waals surface area (Å²) in [7, 11) is -1.87. The number of fused-ring (bicyclic) bond motifs is 1. The van der Waals surface area contributed by atoms with Gasteiger partial charge in [0, 0.05) is 31.2 Å². The number of benzene rings is 2. The van der Waals surface area contributed by atoms with Gasteiger partial charge in [-0.05, 0) is 42.5 Å². The second-order valence-electron chi connectivity index (χ2n) is 7.02. The van der Waals surface area contributed by atoms with E-state index in [4.69, 9.17) is 4.74 Å². The van der Waals surface area contributed by atoms with Crippen LogP contribution in [-0.4, -0.2) is 52.4 Å². The first kappa shape index (κ1) is 22.4. The van der Waals surface area contributed by atoms with E-state index in [1.807, 2.05) is 48.9 Å². The Hall–Kier alpha value is -2.82. The first-order valence-corrected chi connectivity index (χ1v) is 12.7. The van der Waals surface area contributed by atoms with Crippen molar-refractivity contribution in [1.29, 1.82) is 0 Å². The molecular formula is C22H25N5O3S2. The van der Waals surface area contributed by atoms with E-state index in [0.29, 0.717) is 24.4 Å². The van der Waals surface area contributed by atoms with Crippen LogP contribution in [0.4, 0.5) is 0 Å². The third-order valence-electron chi connectivity index (χ3n) is 5.14. The summed E-state index contributed by atoms with van der Waals surface area (Å²) in [6.45, 7) is 4.53. The minimum atomic E-state index is -3.51.